The summed E-state index contributed by atoms with van der Waals surface area (Å²) >= 11 is 0. The number of anilines is 1. The summed E-state index contributed by atoms with van der Waals surface area (Å²) in [5.74, 6) is -0.123. The Labute approximate surface area is 163 Å². The summed E-state index contributed by atoms with van der Waals surface area (Å²) in [6.07, 6.45) is 1.04. The highest BCUT2D eigenvalue weighted by atomic mass is 16.6. The van der Waals surface area contributed by atoms with E-state index in [1.807, 2.05) is 20.8 Å². The number of carbonyl (C=O) groups excluding carboxylic acids is 2. The quantitative estimate of drug-likeness (QED) is 0.323. The number of alkyl carbamates (subject to hydrolysis) is 1. The summed E-state index contributed by atoms with van der Waals surface area (Å²) in [4.78, 5) is 34.6. The highest BCUT2D eigenvalue weighted by Gasteiger charge is 2.15. The van der Waals surface area contributed by atoms with Crippen molar-refractivity contribution >= 4 is 28.7 Å². The van der Waals surface area contributed by atoms with Crippen LogP contribution < -0.4 is 21.0 Å². The molecule has 0 spiro atoms. The van der Waals surface area contributed by atoms with E-state index in [0.29, 0.717) is 35.5 Å². The van der Waals surface area contributed by atoms with Crippen LogP contribution in [0, 0.1) is 0 Å². The minimum Gasteiger partial charge on any atom is -0.444 e. The average molecular weight is 390 g/mol. The molecule has 0 saturated heterocycles. The van der Waals surface area contributed by atoms with Crippen molar-refractivity contribution in [1.82, 2.24) is 5.32 Å². The molecule has 0 saturated carbocycles. The van der Waals surface area contributed by atoms with Gasteiger partial charge in [-0.05, 0) is 51.8 Å². The number of fused-ring (bicyclic) bond motifs is 1. The van der Waals surface area contributed by atoms with Crippen LogP contribution in [-0.2, 0) is 9.53 Å². The Morgan fingerprint density at radius 1 is 1.11 bits per heavy atom. The van der Waals surface area contributed by atoms with E-state index in [4.69, 9.17) is 13.9 Å². The SMILES string of the molecule is CC(=O)Oc1ccc2cc(NCCCCNC(=O)OC(C)(C)C)c(=O)oc2c1. The molecular formula is C20H26N2O6. The van der Waals surface area contributed by atoms with Gasteiger partial charge in [0.05, 0.1) is 0 Å². The van der Waals surface area contributed by atoms with Crippen LogP contribution in [0.3, 0.4) is 0 Å². The maximum absolute atomic E-state index is 12.1. The van der Waals surface area contributed by atoms with Crippen LogP contribution in [0.25, 0.3) is 11.0 Å². The van der Waals surface area contributed by atoms with Crippen molar-refractivity contribution in [3.8, 4) is 5.75 Å². The Morgan fingerprint density at radius 3 is 2.50 bits per heavy atom. The number of nitrogens with one attached hydrogen (secondary N) is 2. The number of ether oxygens (including phenoxy) is 2. The minimum absolute atomic E-state index is 0.321. The molecule has 0 aliphatic carbocycles. The van der Waals surface area contributed by atoms with Gasteiger partial charge in [0.1, 0.15) is 22.6 Å². The molecule has 28 heavy (non-hydrogen) atoms. The molecule has 0 atom stereocenters. The van der Waals surface area contributed by atoms with Gasteiger partial charge in [-0.1, -0.05) is 0 Å². The Balaban J connectivity index is 1.82. The molecule has 2 aromatic rings. The first-order chi connectivity index (χ1) is 13.1. The molecule has 0 radical (unpaired) electrons. The molecule has 8 heteroatoms. The van der Waals surface area contributed by atoms with Gasteiger partial charge < -0.3 is 24.5 Å². The predicted molar refractivity (Wildman–Crippen MR) is 106 cm³/mol. The van der Waals surface area contributed by atoms with E-state index in [-0.39, 0.29) is 0 Å². The number of rotatable bonds is 7. The lowest BCUT2D eigenvalue weighted by atomic mass is 10.2. The zero-order valence-corrected chi connectivity index (χ0v) is 16.6. The van der Waals surface area contributed by atoms with E-state index >= 15 is 0 Å². The lowest BCUT2D eigenvalue weighted by molar-refractivity contribution is -0.131. The zero-order chi connectivity index (χ0) is 20.7. The van der Waals surface area contributed by atoms with Gasteiger partial charge in [-0.2, -0.15) is 0 Å². The third-order valence-corrected chi connectivity index (χ3v) is 3.56. The third kappa shape index (κ3) is 6.94. The van der Waals surface area contributed by atoms with Crippen molar-refractivity contribution in [3.63, 3.8) is 0 Å². The highest BCUT2D eigenvalue weighted by Crippen LogP contribution is 2.22. The van der Waals surface area contributed by atoms with Crippen LogP contribution >= 0.6 is 0 Å². The molecule has 1 heterocycles. The molecule has 1 aromatic carbocycles. The number of carbonyl (C=O) groups is 2. The van der Waals surface area contributed by atoms with Gasteiger partial charge in [0.25, 0.3) is 0 Å². The maximum Gasteiger partial charge on any atom is 0.407 e. The van der Waals surface area contributed by atoms with E-state index < -0.39 is 23.3 Å². The summed E-state index contributed by atoms with van der Waals surface area (Å²) in [5.41, 5.74) is -0.322. The van der Waals surface area contributed by atoms with Gasteiger partial charge in [0, 0.05) is 31.5 Å². The lowest BCUT2D eigenvalue weighted by Gasteiger charge is -2.19. The first kappa shape index (κ1) is 21.3. The fourth-order valence-electron chi connectivity index (χ4n) is 2.42. The Morgan fingerprint density at radius 2 is 1.82 bits per heavy atom. The standard InChI is InChI=1S/C20H26N2O6/c1-13(23)26-15-8-7-14-11-16(18(24)27-17(14)12-15)21-9-5-6-10-22-19(25)28-20(2,3)4/h7-8,11-12,21H,5-6,9-10H2,1-4H3,(H,22,25). The van der Waals surface area contributed by atoms with E-state index in [9.17, 15) is 14.4 Å². The fourth-order valence-corrected chi connectivity index (χ4v) is 2.42. The summed E-state index contributed by atoms with van der Waals surface area (Å²) in [6.45, 7) is 7.77. The fraction of sp³-hybridized carbons (Fsp3) is 0.450. The molecule has 0 aliphatic heterocycles. The molecule has 8 nitrogen and oxygen atoms in total. The van der Waals surface area contributed by atoms with E-state index in [0.717, 1.165) is 12.8 Å². The van der Waals surface area contributed by atoms with Crippen molar-refractivity contribution in [2.75, 3.05) is 18.4 Å². The predicted octanol–water partition coefficient (Wildman–Crippen LogP) is 3.44. The topological polar surface area (TPSA) is 107 Å². The average Bonchev–Trinajstić information content (AvgIpc) is 2.56. The molecule has 152 valence electrons. The first-order valence-electron chi connectivity index (χ1n) is 9.11. The summed E-state index contributed by atoms with van der Waals surface area (Å²) in [5, 5.41) is 6.44. The monoisotopic (exact) mass is 390 g/mol. The van der Waals surface area contributed by atoms with Crippen LogP contribution in [-0.4, -0.2) is 30.8 Å². The first-order valence-corrected chi connectivity index (χ1v) is 9.11. The molecule has 0 aliphatic rings. The van der Waals surface area contributed by atoms with E-state index in [1.165, 1.54) is 13.0 Å². The second-order valence-corrected chi connectivity index (χ2v) is 7.30. The Hall–Kier alpha value is -3.03. The van der Waals surface area contributed by atoms with Crippen LogP contribution in [0.2, 0.25) is 0 Å². The Kier molecular flexibility index (Phi) is 7.03. The van der Waals surface area contributed by atoms with Gasteiger partial charge in [0.2, 0.25) is 0 Å². The van der Waals surface area contributed by atoms with Gasteiger partial charge in [-0.25, -0.2) is 9.59 Å². The Bertz CT molecular complexity index is 898. The summed E-state index contributed by atoms with van der Waals surface area (Å²) in [6, 6.07) is 6.55. The minimum atomic E-state index is -0.519. The molecule has 0 fully saturated rings. The van der Waals surface area contributed by atoms with Crippen molar-refractivity contribution in [1.29, 1.82) is 0 Å². The molecule has 0 bridgehead atoms. The smallest absolute Gasteiger partial charge is 0.407 e. The summed E-state index contributed by atoms with van der Waals surface area (Å²) in [7, 11) is 0. The highest BCUT2D eigenvalue weighted by molar-refractivity contribution is 5.82. The molecule has 2 N–H and O–H groups in total. The van der Waals surface area contributed by atoms with Crippen LogP contribution in [0.4, 0.5) is 10.5 Å². The summed E-state index contributed by atoms with van der Waals surface area (Å²) < 4.78 is 15.4. The van der Waals surface area contributed by atoms with Crippen LogP contribution in [0.5, 0.6) is 5.75 Å². The van der Waals surface area contributed by atoms with Gasteiger partial charge in [-0.15, -0.1) is 0 Å². The van der Waals surface area contributed by atoms with Gasteiger partial charge in [-0.3, -0.25) is 4.79 Å². The molecule has 2 rings (SSSR count). The maximum atomic E-state index is 12.1. The second-order valence-electron chi connectivity index (χ2n) is 7.30. The van der Waals surface area contributed by atoms with E-state index in [2.05, 4.69) is 10.6 Å². The zero-order valence-electron chi connectivity index (χ0n) is 16.6. The molecule has 1 amide bonds. The number of benzene rings is 1. The van der Waals surface area contributed by atoms with Gasteiger partial charge >= 0.3 is 17.7 Å². The van der Waals surface area contributed by atoms with Crippen LogP contribution in [0.1, 0.15) is 40.5 Å². The number of hydrogen-bond donors (Lipinski definition) is 2. The number of hydrogen-bond acceptors (Lipinski definition) is 7. The normalized spacial score (nSPS) is 11.1. The van der Waals surface area contributed by atoms with E-state index in [1.54, 1.807) is 18.2 Å². The third-order valence-electron chi connectivity index (χ3n) is 3.56. The number of amides is 1. The second kappa shape index (κ2) is 9.25. The van der Waals surface area contributed by atoms with Crippen molar-refractivity contribution in [2.45, 2.75) is 46.1 Å². The van der Waals surface area contributed by atoms with Crippen LogP contribution in [0.15, 0.2) is 33.5 Å². The number of unbranched alkanes of at least 4 members (excludes halogenated alkanes) is 1. The van der Waals surface area contributed by atoms with Crippen molar-refractivity contribution in [3.05, 3.63) is 34.7 Å². The lowest BCUT2D eigenvalue weighted by Crippen LogP contribution is -2.33. The van der Waals surface area contributed by atoms with Gasteiger partial charge in [0.15, 0.2) is 0 Å². The van der Waals surface area contributed by atoms with Crippen molar-refractivity contribution in [2.24, 2.45) is 0 Å². The molecule has 0 unspecified atom stereocenters. The largest absolute Gasteiger partial charge is 0.444 e. The molecular weight excluding hydrogens is 364 g/mol. The number of esters is 1. The van der Waals surface area contributed by atoms with Crippen molar-refractivity contribution < 1.29 is 23.5 Å². The molecule has 1 aromatic heterocycles.